The van der Waals surface area contributed by atoms with Crippen LogP contribution in [-0.2, 0) is 10.0 Å². The zero-order valence-corrected chi connectivity index (χ0v) is 6.97. The summed E-state index contributed by atoms with van der Waals surface area (Å²) in [5, 5.41) is 0. The van der Waals surface area contributed by atoms with Gasteiger partial charge >= 0.3 is 0 Å². The molecule has 1 unspecified atom stereocenters. The van der Waals surface area contributed by atoms with Gasteiger partial charge in [0.1, 0.15) is 10.0 Å². The molecule has 0 fully saturated rings. The Hall–Kier alpha value is 0.440. The van der Waals surface area contributed by atoms with Gasteiger partial charge in [0.05, 0.1) is 0 Å². The highest BCUT2D eigenvalue weighted by molar-refractivity contribution is 8.08. The predicted molar refractivity (Wildman–Crippen MR) is 38.3 cm³/mol. The third-order valence-corrected chi connectivity index (χ3v) is 1.97. The molecule has 0 rings (SSSR count). The Kier molecular flexibility index (Phi) is 2.99. The van der Waals surface area contributed by atoms with Crippen molar-refractivity contribution in [1.82, 2.24) is 0 Å². The number of hydrogen-bond donors (Lipinski definition) is 0. The van der Waals surface area contributed by atoms with E-state index in [1.165, 1.54) is 0 Å². The van der Waals surface area contributed by atoms with E-state index in [1.807, 2.05) is 20.8 Å². The highest BCUT2D eigenvalue weighted by Gasteiger charge is 2.12. The average molecular weight is 155 g/mol. The molecule has 3 heteroatoms. The molecule has 0 spiro atoms. The Morgan fingerprint density at radius 2 is 1.88 bits per heavy atom. The molecule has 1 atom stereocenters. The van der Waals surface area contributed by atoms with Gasteiger partial charge in [0.15, 0.2) is 0 Å². The summed E-state index contributed by atoms with van der Waals surface area (Å²) in [5.41, 5.74) is 0.0899. The summed E-state index contributed by atoms with van der Waals surface area (Å²) in [6.45, 7) is 6.02. The van der Waals surface area contributed by atoms with Crippen LogP contribution in [0.25, 0.3) is 0 Å². The molecule has 0 N–H and O–H groups in total. The lowest BCUT2D eigenvalue weighted by Crippen LogP contribution is -2.12. The molecule has 0 aromatic rings. The largest absolute Gasteiger partial charge is 0.243 e. The molecule has 0 aliphatic rings. The van der Waals surface area contributed by atoms with Gasteiger partial charge in [0, 0.05) is 5.75 Å². The maximum Gasteiger partial charge on any atom is 0.115 e. The molecule has 0 bridgehead atoms. The van der Waals surface area contributed by atoms with Gasteiger partial charge < -0.3 is 0 Å². The van der Waals surface area contributed by atoms with Crippen LogP contribution in [0.4, 0.5) is 0 Å². The second kappa shape index (κ2) is 2.83. The van der Waals surface area contributed by atoms with Gasteiger partial charge in [0.2, 0.25) is 0 Å². The zero-order chi connectivity index (χ0) is 6.78. The van der Waals surface area contributed by atoms with Crippen LogP contribution in [-0.4, -0.2) is 9.96 Å². The maximum absolute atomic E-state index is 10.3. The van der Waals surface area contributed by atoms with Crippen molar-refractivity contribution in [3.8, 4) is 0 Å². The first-order valence-corrected chi connectivity index (χ1v) is 4.61. The van der Waals surface area contributed by atoms with E-state index in [2.05, 4.69) is 0 Å². The van der Waals surface area contributed by atoms with Gasteiger partial charge in [-0.05, 0) is 16.1 Å². The smallest absolute Gasteiger partial charge is 0.115 e. The molecule has 0 aliphatic carbocycles. The summed E-state index contributed by atoms with van der Waals surface area (Å²) in [5.74, 6) is 0.564. The van der Waals surface area contributed by atoms with Crippen LogP contribution < -0.4 is 0 Å². The summed E-state index contributed by atoms with van der Waals surface area (Å²) in [6.07, 6.45) is 0. The van der Waals surface area contributed by atoms with Crippen molar-refractivity contribution in [2.75, 3.05) is 5.75 Å². The summed E-state index contributed by atoms with van der Waals surface area (Å²) < 4.78 is 10.3. The van der Waals surface area contributed by atoms with Gasteiger partial charge in [-0.2, -0.15) is 0 Å². The van der Waals surface area contributed by atoms with E-state index in [0.717, 1.165) is 0 Å². The summed E-state index contributed by atoms with van der Waals surface area (Å²) in [7, 11) is 4.07. The van der Waals surface area contributed by atoms with Gasteiger partial charge in [-0.3, -0.25) is 0 Å². The van der Waals surface area contributed by atoms with Crippen molar-refractivity contribution in [1.29, 1.82) is 0 Å². The monoisotopic (exact) mass is 154 g/mol. The Morgan fingerprint density at radius 1 is 1.50 bits per heavy atom. The minimum atomic E-state index is -1.16. The fourth-order valence-corrected chi connectivity index (χ4v) is 2.00. The molecule has 0 aromatic heterocycles. The highest BCUT2D eigenvalue weighted by atomic mass is 35.7. The lowest BCUT2D eigenvalue weighted by molar-refractivity contribution is 0.476. The minimum Gasteiger partial charge on any atom is -0.243 e. The first kappa shape index (κ1) is 8.44. The summed E-state index contributed by atoms with van der Waals surface area (Å²) in [4.78, 5) is 0. The van der Waals surface area contributed by atoms with Crippen LogP contribution in [0.15, 0.2) is 0 Å². The Bertz CT molecular complexity index is 95.1. The van der Waals surface area contributed by atoms with E-state index in [9.17, 15) is 4.21 Å². The lowest BCUT2D eigenvalue weighted by atomic mass is 10.0. The Balaban J connectivity index is 3.55. The predicted octanol–water partition coefficient (Wildman–Crippen LogP) is 1.94. The number of halogens is 1. The highest BCUT2D eigenvalue weighted by Crippen LogP contribution is 2.15. The van der Waals surface area contributed by atoms with Crippen LogP contribution in [0, 0.1) is 5.41 Å². The van der Waals surface area contributed by atoms with Crippen LogP contribution in [0.2, 0.25) is 0 Å². The van der Waals surface area contributed by atoms with Crippen LogP contribution >= 0.6 is 10.7 Å². The second-order valence-electron chi connectivity index (χ2n) is 2.99. The number of hydrogen-bond acceptors (Lipinski definition) is 1. The topological polar surface area (TPSA) is 17.1 Å². The molecule has 50 valence electrons. The third-order valence-electron chi connectivity index (χ3n) is 0.546. The van der Waals surface area contributed by atoms with Gasteiger partial charge in [-0.1, -0.05) is 20.8 Å². The van der Waals surface area contributed by atoms with Crippen molar-refractivity contribution < 1.29 is 4.21 Å². The van der Waals surface area contributed by atoms with E-state index >= 15 is 0 Å². The minimum absolute atomic E-state index is 0.0899. The quantitative estimate of drug-likeness (QED) is 0.528. The van der Waals surface area contributed by atoms with E-state index in [0.29, 0.717) is 5.75 Å². The average Bonchev–Trinajstić information content (AvgIpc) is 1.21. The zero-order valence-electron chi connectivity index (χ0n) is 5.40. The fourth-order valence-electron chi connectivity index (χ4n) is 0.340. The van der Waals surface area contributed by atoms with Gasteiger partial charge in [-0.25, -0.2) is 4.21 Å². The lowest BCUT2D eigenvalue weighted by Gasteiger charge is -2.13. The molecule has 0 saturated carbocycles. The van der Waals surface area contributed by atoms with Crippen molar-refractivity contribution in [2.24, 2.45) is 5.41 Å². The summed E-state index contributed by atoms with van der Waals surface area (Å²) in [6, 6.07) is 0. The molecule has 0 radical (unpaired) electrons. The Morgan fingerprint density at radius 3 is 1.88 bits per heavy atom. The fraction of sp³-hybridized carbons (Fsp3) is 1.00. The van der Waals surface area contributed by atoms with Gasteiger partial charge in [0.25, 0.3) is 0 Å². The molecule has 8 heavy (non-hydrogen) atoms. The molecule has 0 amide bonds. The first-order chi connectivity index (χ1) is 3.42. The molecule has 0 saturated heterocycles. The van der Waals surface area contributed by atoms with Crippen LogP contribution in [0.1, 0.15) is 20.8 Å². The van der Waals surface area contributed by atoms with Crippen molar-refractivity contribution in [2.45, 2.75) is 20.8 Å². The normalized spacial score (nSPS) is 16.0. The number of rotatable bonds is 1. The molecular formula is C5H11ClOS. The van der Waals surface area contributed by atoms with Crippen molar-refractivity contribution >= 4 is 20.7 Å². The van der Waals surface area contributed by atoms with E-state index in [4.69, 9.17) is 10.7 Å². The molecule has 0 aromatic carbocycles. The molecule has 0 aliphatic heterocycles. The van der Waals surface area contributed by atoms with Crippen LogP contribution in [0.3, 0.4) is 0 Å². The SMILES string of the molecule is CC(C)(C)CS(=O)Cl. The van der Waals surface area contributed by atoms with Crippen molar-refractivity contribution in [3.05, 3.63) is 0 Å². The molecular weight excluding hydrogens is 144 g/mol. The van der Waals surface area contributed by atoms with E-state index in [1.54, 1.807) is 0 Å². The van der Waals surface area contributed by atoms with E-state index < -0.39 is 10.0 Å². The second-order valence-corrected chi connectivity index (χ2v) is 4.90. The van der Waals surface area contributed by atoms with Crippen LogP contribution in [0.5, 0.6) is 0 Å². The third kappa shape index (κ3) is 6.44. The van der Waals surface area contributed by atoms with E-state index in [-0.39, 0.29) is 5.41 Å². The Labute approximate surface area is 57.4 Å². The molecule has 0 heterocycles. The van der Waals surface area contributed by atoms with Crippen molar-refractivity contribution in [3.63, 3.8) is 0 Å². The molecule has 1 nitrogen and oxygen atoms in total. The van der Waals surface area contributed by atoms with Gasteiger partial charge in [-0.15, -0.1) is 0 Å². The maximum atomic E-state index is 10.3. The first-order valence-electron chi connectivity index (χ1n) is 2.46. The standard InChI is InChI=1S/C5H11ClOS/c1-5(2,3)4-8(6)7/h4H2,1-3H3. The summed E-state index contributed by atoms with van der Waals surface area (Å²) >= 11 is 0.